The number of nitrogens with zero attached hydrogens (tertiary/aromatic N) is 3. The van der Waals surface area contributed by atoms with Crippen LogP contribution in [0.25, 0.3) is 0 Å². The molecule has 3 heterocycles. The molecular formula is C17H21N3O2S. The zero-order valence-corrected chi connectivity index (χ0v) is 14.3. The number of likely N-dealkylation sites (tertiary alicyclic amines) is 1. The highest BCUT2D eigenvalue weighted by atomic mass is 32.1. The fourth-order valence-electron chi connectivity index (χ4n) is 3.05. The van der Waals surface area contributed by atoms with Gasteiger partial charge in [-0.05, 0) is 38.8 Å². The number of amides is 1. The van der Waals surface area contributed by atoms with E-state index in [0.717, 1.165) is 52.8 Å². The van der Waals surface area contributed by atoms with E-state index in [1.165, 1.54) is 0 Å². The third-order valence-electron chi connectivity index (χ3n) is 4.31. The van der Waals surface area contributed by atoms with E-state index in [1.54, 1.807) is 17.5 Å². The molecule has 1 amide bonds. The van der Waals surface area contributed by atoms with Crippen molar-refractivity contribution in [3.8, 4) is 0 Å². The lowest BCUT2D eigenvalue weighted by Crippen LogP contribution is -2.38. The molecule has 6 heteroatoms. The summed E-state index contributed by atoms with van der Waals surface area (Å²) in [6, 6.07) is 3.90. The normalized spacial score (nSPS) is 15.9. The summed E-state index contributed by atoms with van der Waals surface area (Å²) < 4.78 is 0. The number of aryl methyl sites for hydroxylation is 2. The highest BCUT2D eigenvalue weighted by Gasteiger charge is 2.27. The van der Waals surface area contributed by atoms with Crippen molar-refractivity contribution >= 4 is 17.2 Å². The first-order valence-electron chi connectivity index (χ1n) is 7.87. The van der Waals surface area contributed by atoms with Gasteiger partial charge in [0.1, 0.15) is 5.82 Å². The molecule has 0 spiro atoms. The fourth-order valence-corrected chi connectivity index (χ4v) is 3.88. The van der Waals surface area contributed by atoms with Crippen molar-refractivity contribution < 1.29 is 9.90 Å². The number of thiophene rings is 1. The van der Waals surface area contributed by atoms with Gasteiger partial charge in [-0.1, -0.05) is 0 Å². The van der Waals surface area contributed by atoms with Crippen LogP contribution in [0.15, 0.2) is 18.3 Å². The van der Waals surface area contributed by atoms with E-state index in [-0.39, 0.29) is 18.4 Å². The molecule has 0 atom stereocenters. The predicted octanol–water partition coefficient (Wildman–Crippen LogP) is 2.67. The Kier molecular flexibility index (Phi) is 4.73. The van der Waals surface area contributed by atoms with E-state index in [1.807, 2.05) is 30.9 Å². The Morgan fingerprint density at radius 1 is 1.35 bits per heavy atom. The van der Waals surface area contributed by atoms with Gasteiger partial charge in [0.2, 0.25) is 0 Å². The summed E-state index contributed by atoms with van der Waals surface area (Å²) in [4.78, 5) is 25.1. The zero-order chi connectivity index (χ0) is 16.4. The van der Waals surface area contributed by atoms with Gasteiger partial charge in [0.25, 0.3) is 5.91 Å². The molecule has 1 fully saturated rings. The average Bonchev–Trinajstić information content (AvgIpc) is 3.01. The molecule has 0 saturated carbocycles. The molecule has 0 aliphatic carbocycles. The van der Waals surface area contributed by atoms with E-state index >= 15 is 0 Å². The first-order valence-corrected chi connectivity index (χ1v) is 8.69. The van der Waals surface area contributed by atoms with Crippen LogP contribution in [0.3, 0.4) is 0 Å². The van der Waals surface area contributed by atoms with Gasteiger partial charge in [0.15, 0.2) is 0 Å². The van der Waals surface area contributed by atoms with Crippen molar-refractivity contribution in [2.75, 3.05) is 13.1 Å². The van der Waals surface area contributed by atoms with Crippen molar-refractivity contribution in [2.24, 2.45) is 0 Å². The lowest BCUT2D eigenvalue weighted by atomic mass is 9.91. The topological polar surface area (TPSA) is 66.3 Å². The van der Waals surface area contributed by atoms with Crippen molar-refractivity contribution in [1.82, 2.24) is 14.9 Å². The summed E-state index contributed by atoms with van der Waals surface area (Å²) in [5, 5.41) is 9.49. The van der Waals surface area contributed by atoms with Crippen LogP contribution in [0.4, 0.5) is 0 Å². The van der Waals surface area contributed by atoms with Crippen LogP contribution in [0, 0.1) is 13.8 Å². The third-order valence-corrected chi connectivity index (χ3v) is 5.30. The molecule has 2 aromatic heterocycles. The minimum atomic E-state index is -0.0385. The van der Waals surface area contributed by atoms with Crippen LogP contribution in [0.5, 0.6) is 0 Å². The zero-order valence-electron chi connectivity index (χ0n) is 13.5. The van der Waals surface area contributed by atoms with Crippen LogP contribution in [-0.4, -0.2) is 39.0 Å². The quantitative estimate of drug-likeness (QED) is 0.939. The maximum absolute atomic E-state index is 12.5. The molecule has 5 nitrogen and oxygen atoms in total. The second-order valence-electron chi connectivity index (χ2n) is 5.96. The molecule has 0 radical (unpaired) electrons. The van der Waals surface area contributed by atoms with Gasteiger partial charge in [0.05, 0.1) is 17.2 Å². The number of carbonyl (C=O) groups excluding carboxylic acids is 1. The number of hydrogen-bond acceptors (Lipinski definition) is 5. The molecule has 1 N–H and O–H groups in total. The van der Waals surface area contributed by atoms with Crippen LogP contribution >= 0.6 is 11.3 Å². The first kappa shape index (κ1) is 16.1. The molecule has 0 aromatic carbocycles. The number of piperidine rings is 1. The molecule has 3 rings (SSSR count). The molecule has 1 saturated heterocycles. The van der Waals surface area contributed by atoms with Crippen LogP contribution in [0.2, 0.25) is 0 Å². The van der Waals surface area contributed by atoms with Crippen LogP contribution in [-0.2, 0) is 6.61 Å². The van der Waals surface area contributed by atoms with Crippen LogP contribution < -0.4 is 0 Å². The Morgan fingerprint density at radius 2 is 2.09 bits per heavy atom. The molecule has 2 aromatic rings. The summed E-state index contributed by atoms with van der Waals surface area (Å²) in [6.07, 6.45) is 3.46. The fraction of sp³-hybridized carbons (Fsp3) is 0.471. The molecule has 23 heavy (non-hydrogen) atoms. The van der Waals surface area contributed by atoms with Gasteiger partial charge in [-0.25, -0.2) is 9.97 Å². The number of aromatic nitrogens is 2. The highest BCUT2D eigenvalue weighted by molar-refractivity contribution is 7.13. The molecule has 1 aliphatic rings. The minimum Gasteiger partial charge on any atom is -0.392 e. The Morgan fingerprint density at radius 3 is 2.70 bits per heavy atom. The summed E-state index contributed by atoms with van der Waals surface area (Å²) >= 11 is 1.55. The van der Waals surface area contributed by atoms with Gasteiger partial charge in [-0.15, -0.1) is 11.3 Å². The van der Waals surface area contributed by atoms with Gasteiger partial charge in [0, 0.05) is 35.6 Å². The molecule has 1 aliphatic heterocycles. The number of hydrogen-bond donors (Lipinski definition) is 1. The standard InChI is InChI=1S/C17H21N3O2S/c1-11-3-4-15(23-11)17(22)20-7-5-13(6-8-20)16-14(10-21)9-18-12(2)19-16/h3-4,9,13,21H,5-8,10H2,1-2H3. The Bertz CT molecular complexity index is 706. The van der Waals surface area contributed by atoms with Crippen LogP contribution in [0.1, 0.15) is 50.4 Å². The monoisotopic (exact) mass is 331 g/mol. The number of aliphatic hydroxyl groups is 1. The van der Waals surface area contributed by atoms with E-state index in [4.69, 9.17) is 0 Å². The predicted molar refractivity (Wildman–Crippen MR) is 89.6 cm³/mol. The van der Waals surface area contributed by atoms with E-state index in [9.17, 15) is 9.90 Å². The molecule has 0 unspecified atom stereocenters. The second-order valence-corrected chi connectivity index (χ2v) is 7.25. The van der Waals surface area contributed by atoms with E-state index in [2.05, 4.69) is 9.97 Å². The molecule has 0 bridgehead atoms. The summed E-state index contributed by atoms with van der Waals surface area (Å²) in [5.74, 6) is 1.14. The third kappa shape index (κ3) is 3.43. The van der Waals surface area contributed by atoms with Crippen molar-refractivity contribution in [3.05, 3.63) is 45.2 Å². The maximum Gasteiger partial charge on any atom is 0.263 e. The SMILES string of the molecule is Cc1ncc(CO)c(C2CCN(C(=O)c3ccc(C)s3)CC2)n1. The summed E-state index contributed by atoms with van der Waals surface area (Å²) in [5.41, 5.74) is 1.74. The molecule has 122 valence electrons. The van der Waals surface area contributed by atoms with Crippen molar-refractivity contribution in [1.29, 1.82) is 0 Å². The summed E-state index contributed by atoms with van der Waals surface area (Å²) in [6.45, 7) is 5.30. The lowest BCUT2D eigenvalue weighted by molar-refractivity contribution is 0.0716. The lowest BCUT2D eigenvalue weighted by Gasteiger charge is -2.32. The first-order chi connectivity index (χ1) is 11.1. The second kappa shape index (κ2) is 6.76. The Balaban J connectivity index is 1.69. The highest BCUT2D eigenvalue weighted by Crippen LogP contribution is 2.30. The largest absolute Gasteiger partial charge is 0.392 e. The smallest absolute Gasteiger partial charge is 0.263 e. The Hall–Kier alpha value is -1.79. The minimum absolute atomic E-state index is 0.0385. The average molecular weight is 331 g/mol. The van der Waals surface area contributed by atoms with E-state index < -0.39 is 0 Å². The van der Waals surface area contributed by atoms with Gasteiger partial charge < -0.3 is 10.0 Å². The van der Waals surface area contributed by atoms with Gasteiger partial charge in [-0.3, -0.25) is 4.79 Å². The van der Waals surface area contributed by atoms with Gasteiger partial charge in [-0.2, -0.15) is 0 Å². The van der Waals surface area contributed by atoms with Crippen molar-refractivity contribution in [2.45, 2.75) is 39.2 Å². The van der Waals surface area contributed by atoms with Gasteiger partial charge >= 0.3 is 0 Å². The van der Waals surface area contributed by atoms with Crippen molar-refractivity contribution in [3.63, 3.8) is 0 Å². The summed E-state index contributed by atoms with van der Waals surface area (Å²) in [7, 11) is 0. The number of aliphatic hydroxyl groups excluding tert-OH is 1. The van der Waals surface area contributed by atoms with E-state index in [0.29, 0.717) is 0 Å². The molecular weight excluding hydrogens is 310 g/mol. The number of carbonyl (C=O) groups is 1. The number of rotatable bonds is 3. The Labute approximate surface area is 140 Å². The maximum atomic E-state index is 12.5.